The summed E-state index contributed by atoms with van der Waals surface area (Å²) in [6.45, 7) is 4.37. The van der Waals surface area contributed by atoms with Gasteiger partial charge < -0.3 is 9.80 Å². The molecule has 1 saturated heterocycles. The van der Waals surface area contributed by atoms with Gasteiger partial charge in [-0.15, -0.1) is 0 Å². The molecule has 0 bridgehead atoms. The molecule has 3 heterocycles. The predicted molar refractivity (Wildman–Crippen MR) is 89.6 cm³/mol. The molecular weight excluding hydrogens is 288 g/mol. The van der Waals surface area contributed by atoms with Gasteiger partial charge in [0.05, 0.1) is 11.6 Å². The van der Waals surface area contributed by atoms with E-state index in [1.54, 1.807) is 12.4 Å². The third-order valence-electron chi connectivity index (χ3n) is 4.85. The van der Waals surface area contributed by atoms with Crippen molar-refractivity contribution in [3.8, 4) is 0 Å². The van der Waals surface area contributed by atoms with Crippen LogP contribution in [-0.2, 0) is 11.2 Å². The molecular formula is C18H20N4O. The molecule has 118 valence electrons. The first-order chi connectivity index (χ1) is 11.2. The molecule has 0 aliphatic carbocycles. The monoisotopic (exact) mass is 308 g/mol. The summed E-state index contributed by atoms with van der Waals surface area (Å²) in [6, 6.07) is 8.22. The number of aromatic nitrogens is 2. The average Bonchev–Trinajstić information content (AvgIpc) is 3.22. The number of para-hydroxylation sites is 1. The van der Waals surface area contributed by atoms with Crippen LogP contribution in [-0.4, -0.2) is 35.5 Å². The van der Waals surface area contributed by atoms with E-state index in [1.807, 2.05) is 24.0 Å². The van der Waals surface area contributed by atoms with Crippen LogP contribution in [0.25, 0.3) is 0 Å². The molecule has 1 atom stereocenters. The van der Waals surface area contributed by atoms with Crippen molar-refractivity contribution in [3.63, 3.8) is 0 Å². The van der Waals surface area contributed by atoms with Crippen LogP contribution in [0.15, 0.2) is 36.7 Å². The van der Waals surface area contributed by atoms with Crippen LogP contribution >= 0.6 is 0 Å². The van der Waals surface area contributed by atoms with Crippen LogP contribution in [0.3, 0.4) is 0 Å². The van der Waals surface area contributed by atoms with E-state index in [4.69, 9.17) is 0 Å². The molecule has 0 radical (unpaired) electrons. The molecule has 5 nitrogen and oxygen atoms in total. The number of amides is 1. The first-order valence-electron chi connectivity index (χ1n) is 8.16. The Hall–Kier alpha value is -2.43. The Bertz CT molecular complexity index is 745. The molecule has 1 aromatic carbocycles. The summed E-state index contributed by atoms with van der Waals surface area (Å²) in [6.07, 6.45) is 5.27. The zero-order valence-electron chi connectivity index (χ0n) is 13.3. The minimum absolute atomic E-state index is 0.0440. The maximum Gasteiger partial charge on any atom is 0.231 e. The third-order valence-corrected chi connectivity index (χ3v) is 4.85. The number of hydrogen-bond acceptors (Lipinski definition) is 4. The lowest BCUT2D eigenvalue weighted by atomic mass is 10.1. The van der Waals surface area contributed by atoms with Crippen molar-refractivity contribution in [1.29, 1.82) is 0 Å². The number of carbonyl (C=O) groups is 1. The third kappa shape index (κ3) is 2.46. The largest absolute Gasteiger partial charge is 0.354 e. The maximum absolute atomic E-state index is 12.9. The van der Waals surface area contributed by atoms with Crippen molar-refractivity contribution in [1.82, 2.24) is 9.97 Å². The van der Waals surface area contributed by atoms with Crippen molar-refractivity contribution in [2.45, 2.75) is 19.8 Å². The van der Waals surface area contributed by atoms with E-state index < -0.39 is 0 Å². The second-order valence-corrected chi connectivity index (χ2v) is 6.27. The number of rotatable bonds is 2. The van der Waals surface area contributed by atoms with Gasteiger partial charge in [0.25, 0.3) is 0 Å². The smallest absolute Gasteiger partial charge is 0.231 e. The molecule has 0 N–H and O–H groups in total. The van der Waals surface area contributed by atoms with Gasteiger partial charge in [0, 0.05) is 37.7 Å². The highest BCUT2D eigenvalue weighted by Gasteiger charge is 2.35. The molecule has 0 saturated carbocycles. The molecule has 2 aliphatic rings. The summed E-state index contributed by atoms with van der Waals surface area (Å²) in [5, 5.41) is 0. The second kappa shape index (κ2) is 5.65. The van der Waals surface area contributed by atoms with Crippen LogP contribution in [0.2, 0.25) is 0 Å². The molecule has 4 rings (SSSR count). The fraction of sp³-hybridized carbons (Fsp3) is 0.389. The molecule has 1 amide bonds. The van der Waals surface area contributed by atoms with Gasteiger partial charge in [0.15, 0.2) is 0 Å². The quantitative estimate of drug-likeness (QED) is 0.853. The lowest BCUT2D eigenvalue weighted by Crippen LogP contribution is -2.36. The van der Waals surface area contributed by atoms with Crippen molar-refractivity contribution in [2.24, 2.45) is 5.92 Å². The highest BCUT2D eigenvalue weighted by Crippen LogP contribution is 2.31. The average molecular weight is 308 g/mol. The normalized spacial score (nSPS) is 20.0. The summed E-state index contributed by atoms with van der Waals surface area (Å²) in [7, 11) is 0. The fourth-order valence-corrected chi connectivity index (χ4v) is 3.65. The van der Waals surface area contributed by atoms with E-state index in [9.17, 15) is 4.79 Å². The first kappa shape index (κ1) is 14.2. The Morgan fingerprint density at radius 1 is 1.17 bits per heavy atom. The van der Waals surface area contributed by atoms with Gasteiger partial charge in [0.1, 0.15) is 5.82 Å². The second-order valence-electron chi connectivity index (χ2n) is 6.27. The first-order valence-corrected chi connectivity index (χ1v) is 8.16. The number of fused-ring (bicyclic) bond motifs is 1. The number of benzene rings is 1. The Labute approximate surface area is 136 Å². The zero-order valence-corrected chi connectivity index (χ0v) is 13.3. The van der Waals surface area contributed by atoms with Crippen LogP contribution in [0, 0.1) is 12.8 Å². The maximum atomic E-state index is 12.9. The predicted octanol–water partition coefficient (Wildman–Crippen LogP) is 2.20. The highest BCUT2D eigenvalue weighted by atomic mass is 16.2. The summed E-state index contributed by atoms with van der Waals surface area (Å²) in [5.41, 5.74) is 3.29. The summed E-state index contributed by atoms with van der Waals surface area (Å²) in [4.78, 5) is 25.8. The lowest BCUT2D eigenvalue weighted by Gasteiger charge is -2.22. The fourth-order valence-electron chi connectivity index (χ4n) is 3.65. The topological polar surface area (TPSA) is 49.3 Å². The van der Waals surface area contributed by atoms with E-state index in [0.717, 1.165) is 49.7 Å². The molecule has 5 heteroatoms. The van der Waals surface area contributed by atoms with Gasteiger partial charge in [0.2, 0.25) is 5.91 Å². The Morgan fingerprint density at radius 3 is 2.87 bits per heavy atom. The van der Waals surface area contributed by atoms with Crippen LogP contribution < -0.4 is 9.80 Å². The minimum Gasteiger partial charge on any atom is -0.354 e. The Balaban J connectivity index is 1.50. The SMILES string of the molecule is Cc1nccnc1N1CCC(C(=O)N2CCc3ccccc32)C1. The summed E-state index contributed by atoms with van der Waals surface area (Å²) in [5.74, 6) is 1.20. The Kier molecular flexibility index (Phi) is 3.48. The molecule has 23 heavy (non-hydrogen) atoms. The standard InChI is InChI=1S/C18H20N4O/c1-13-17(20-9-8-19-13)21-10-6-15(12-21)18(23)22-11-7-14-4-2-3-5-16(14)22/h2-5,8-9,15H,6-7,10-12H2,1H3. The number of hydrogen-bond donors (Lipinski definition) is 0. The molecule has 1 fully saturated rings. The van der Waals surface area contributed by atoms with Gasteiger partial charge in [-0.3, -0.25) is 9.78 Å². The zero-order chi connectivity index (χ0) is 15.8. The van der Waals surface area contributed by atoms with Gasteiger partial charge in [-0.1, -0.05) is 18.2 Å². The summed E-state index contributed by atoms with van der Waals surface area (Å²) < 4.78 is 0. The van der Waals surface area contributed by atoms with E-state index in [2.05, 4.69) is 27.0 Å². The van der Waals surface area contributed by atoms with Crippen molar-refractivity contribution in [3.05, 3.63) is 47.9 Å². The molecule has 2 aliphatic heterocycles. The van der Waals surface area contributed by atoms with Crippen molar-refractivity contribution < 1.29 is 4.79 Å². The van der Waals surface area contributed by atoms with Gasteiger partial charge in [-0.05, 0) is 31.4 Å². The van der Waals surface area contributed by atoms with Crippen LogP contribution in [0.4, 0.5) is 11.5 Å². The molecule has 2 aromatic rings. The molecule has 1 unspecified atom stereocenters. The number of carbonyl (C=O) groups excluding carboxylic acids is 1. The lowest BCUT2D eigenvalue weighted by molar-refractivity contribution is -0.121. The van der Waals surface area contributed by atoms with Crippen molar-refractivity contribution in [2.75, 3.05) is 29.4 Å². The van der Waals surface area contributed by atoms with Gasteiger partial charge in [-0.25, -0.2) is 4.98 Å². The van der Waals surface area contributed by atoms with E-state index in [0.29, 0.717) is 0 Å². The molecule has 1 aromatic heterocycles. The highest BCUT2D eigenvalue weighted by molar-refractivity contribution is 5.97. The van der Waals surface area contributed by atoms with Gasteiger partial charge >= 0.3 is 0 Å². The van der Waals surface area contributed by atoms with Gasteiger partial charge in [-0.2, -0.15) is 0 Å². The number of nitrogens with zero attached hydrogens (tertiary/aromatic N) is 4. The minimum atomic E-state index is 0.0440. The summed E-state index contributed by atoms with van der Waals surface area (Å²) >= 11 is 0. The number of aryl methyl sites for hydroxylation is 1. The van der Waals surface area contributed by atoms with Crippen LogP contribution in [0.5, 0.6) is 0 Å². The van der Waals surface area contributed by atoms with E-state index in [-0.39, 0.29) is 11.8 Å². The molecule has 0 spiro atoms. The van der Waals surface area contributed by atoms with E-state index >= 15 is 0 Å². The number of anilines is 2. The van der Waals surface area contributed by atoms with E-state index in [1.165, 1.54) is 5.56 Å². The van der Waals surface area contributed by atoms with Crippen LogP contribution in [0.1, 0.15) is 17.7 Å². The Morgan fingerprint density at radius 2 is 2.00 bits per heavy atom. The van der Waals surface area contributed by atoms with Crippen molar-refractivity contribution >= 4 is 17.4 Å².